The van der Waals surface area contributed by atoms with Crippen molar-refractivity contribution in [2.24, 2.45) is 0 Å². The van der Waals surface area contributed by atoms with Crippen LogP contribution in [0.15, 0.2) is 6.33 Å². The molecule has 1 saturated heterocycles. The van der Waals surface area contributed by atoms with Crippen LogP contribution in [0.2, 0.25) is 0 Å². The first-order chi connectivity index (χ1) is 5.82. The van der Waals surface area contributed by atoms with E-state index >= 15 is 0 Å². The molecule has 12 heavy (non-hydrogen) atoms. The molecule has 3 heterocycles. The van der Waals surface area contributed by atoms with Gasteiger partial charge in [-0.25, -0.2) is 9.67 Å². The first-order valence-corrected chi connectivity index (χ1v) is 3.96. The minimum Gasteiger partial charge on any atom is -0.312 e. The van der Waals surface area contributed by atoms with Crippen molar-refractivity contribution < 1.29 is 4.79 Å². The van der Waals surface area contributed by atoms with Gasteiger partial charge >= 0.3 is 0 Å². The summed E-state index contributed by atoms with van der Waals surface area (Å²) < 4.78 is 1.77. The number of hydrogen-bond donors (Lipinski definition) is 1. The highest BCUT2D eigenvalue weighted by Crippen LogP contribution is 2.32. The summed E-state index contributed by atoms with van der Waals surface area (Å²) >= 11 is 0. The Bertz CT molecular complexity index is 352. The van der Waals surface area contributed by atoms with Crippen LogP contribution >= 0.6 is 0 Å². The fourth-order valence-corrected chi connectivity index (χ4v) is 1.92. The Balaban J connectivity index is 2.19. The van der Waals surface area contributed by atoms with Gasteiger partial charge in [-0.15, -0.1) is 0 Å². The lowest BCUT2D eigenvalue weighted by Gasteiger charge is -2.38. The van der Waals surface area contributed by atoms with Gasteiger partial charge in [-0.3, -0.25) is 4.79 Å². The molecule has 0 saturated carbocycles. The monoisotopic (exact) mass is 164 g/mol. The Morgan fingerprint density at radius 3 is 3.08 bits per heavy atom. The van der Waals surface area contributed by atoms with Crippen LogP contribution in [0.3, 0.4) is 0 Å². The summed E-state index contributed by atoms with van der Waals surface area (Å²) in [4.78, 5) is 15.3. The molecule has 0 amide bonds. The van der Waals surface area contributed by atoms with Crippen LogP contribution in [0, 0.1) is 0 Å². The van der Waals surface area contributed by atoms with Crippen molar-refractivity contribution >= 4 is 5.78 Å². The maximum absolute atomic E-state index is 11.4. The van der Waals surface area contributed by atoms with E-state index in [9.17, 15) is 4.79 Å². The van der Waals surface area contributed by atoms with Crippen molar-refractivity contribution in [3.63, 3.8) is 0 Å². The van der Waals surface area contributed by atoms with Crippen molar-refractivity contribution in [3.8, 4) is 0 Å². The summed E-state index contributed by atoms with van der Waals surface area (Å²) in [6.07, 6.45) is 2.02. The molecule has 0 unspecified atom stereocenters. The van der Waals surface area contributed by atoms with Gasteiger partial charge in [0.2, 0.25) is 5.78 Å². The summed E-state index contributed by atoms with van der Waals surface area (Å²) in [7, 11) is 0. The third kappa shape index (κ3) is 0.525. The number of Topliss-reactive ketones (excluding diaryl/α,β-unsaturated/α-hetero) is 1. The summed E-state index contributed by atoms with van der Waals surface area (Å²) in [6.45, 7) is 1.68. The Kier molecular flexibility index (Phi) is 0.915. The molecule has 3 rings (SSSR count). The van der Waals surface area contributed by atoms with Gasteiger partial charge in [0.05, 0.1) is 5.54 Å². The average molecular weight is 164 g/mol. The first kappa shape index (κ1) is 6.30. The number of nitrogens with one attached hydrogen (secondary N) is 1. The molecular formula is C7H8N4O. The molecule has 1 fully saturated rings. The van der Waals surface area contributed by atoms with E-state index < -0.39 is 0 Å². The van der Waals surface area contributed by atoms with Gasteiger partial charge in [0.15, 0.2) is 5.82 Å². The molecule has 0 radical (unpaired) electrons. The smallest absolute Gasteiger partial charge is 0.202 e. The molecule has 2 aliphatic heterocycles. The normalized spacial score (nSPS) is 24.2. The molecule has 2 aliphatic rings. The van der Waals surface area contributed by atoms with Crippen molar-refractivity contribution in [1.82, 2.24) is 20.1 Å². The molecule has 0 aromatic carbocycles. The molecule has 62 valence electrons. The van der Waals surface area contributed by atoms with Gasteiger partial charge in [-0.1, -0.05) is 0 Å². The highest BCUT2D eigenvalue weighted by molar-refractivity contribution is 5.95. The lowest BCUT2D eigenvalue weighted by molar-refractivity contribution is 0.0930. The van der Waals surface area contributed by atoms with Crippen LogP contribution in [0.1, 0.15) is 17.0 Å². The zero-order chi connectivity index (χ0) is 8.18. The highest BCUT2D eigenvalue weighted by atomic mass is 16.1. The Morgan fingerprint density at radius 2 is 2.42 bits per heavy atom. The molecule has 0 bridgehead atoms. The standard InChI is InChI=1S/C7H8N4O/c12-5-1-7(2-8-3-7)11-6(5)9-4-10-11/h4,8H,1-3H2. The minimum atomic E-state index is -0.0666. The maximum atomic E-state index is 11.4. The lowest BCUT2D eigenvalue weighted by atomic mass is 9.90. The van der Waals surface area contributed by atoms with Gasteiger partial charge in [-0.05, 0) is 0 Å². The Labute approximate surface area is 68.8 Å². The molecule has 1 aromatic heterocycles. The van der Waals surface area contributed by atoms with Crippen LogP contribution < -0.4 is 5.32 Å². The van der Waals surface area contributed by atoms with Gasteiger partial charge in [0.1, 0.15) is 6.33 Å². The van der Waals surface area contributed by atoms with Crippen LogP contribution in [0.5, 0.6) is 0 Å². The fourth-order valence-electron chi connectivity index (χ4n) is 1.92. The number of nitrogens with zero attached hydrogens (tertiary/aromatic N) is 3. The van der Waals surface area contributed by atoms with Gasteiger partial charge in [-0.2, -0.15) is 5.10 Å². The molecule has 0 aliphatic carbocycles. The van der Waals surface area contributed by atoms with Crippen molar-refractivity contribution in [2.75, 3.05) is 13.1 Å². The quantitative estimate of drug-likeness (QED) is 0.543. The van der Waals surface area contributed by atoms with Gasteiger partial charge in [0, 0.05) is 19.5 Å². The van der Waals surface area contributed by atoms with Crippen molar-refractivity contribution in [1.29, 1.82) is 0 Å². The number of aromatic nitrogens is 3. The van der Waals surface area contributed by atoms with E-state index in [1.807, 2.05) is 0 Å². The number of hydrogen-bond acceptors (Lipinski definition) is 4. The maximum Gasteiger partial charge on any atom is 0.202 e. The molecule has 1 N–H and O–H groups in total. The van der Waals surface area contributed by atoms with Gasteiger partial charge < -0.3 is 5.32 Å². The highest BCUT2D eigenvalue weighted by Gasteiger charge is 2.49. The molecule has 1 spiro atoms. The van der Waals surface area contributed by atoms with E-state index in [-0.39, 0.29) is 11.3 Å². The molecular weight excluding hydrogens is 156 g/mol. The predicted octanol–water partition coefficient (Wildman–Crippen LogP) is -0.837. The van der Waals surface area contributed by atoms with Crippen LogP contribution in [0.4, 0.5) is 0 Å². The van der Waals surface area contributed by atoms with Crippen LogP contribution in [0.25, 0.3) is 0 Å². The van der Waals surface area contributed by atoms with E-state index in [0.717, 1.165) is 13.1 Å². The van der Waals surface area contributed by atoms with Crippen LogP contribution in [-0.2, 0) is 5.54 Å². The van der Waals surface area contributed by atoms with Crippen molar-refractivity contribution in [2.45, 2.75) is 12.0 Å². The Morgan fingerprint density at radius 1 is 1.58 bits per heavy atom. The predicted molar refractivity (Wildman–Crippen MR) is 39.8 cm³/mol. The van der Waals surface area contributed by atoms with E-state index in [4.69, 9.17) is 0 Å². The Hall–Kier alpha value is -1.23. The number of carbonyl (C=O) groups is 1. The summed E-state index contributed by atoms with van der Waals surface area (Å²) in [6, 6.07) is 0. The molecule has 5 nitrogen and oxygen atoms in total. The largest absolute Gasteiger partial charge is 0.312 e. The first-order valence-electron chi connectivity index (χ1n) is 3.96. The van der Waals surface area contributed by atoms with Crippen molar-refractivity contribution in [3.05, 3.63) is 12.2 Å². The number of rotatable bonds is 0. The second kappa shape index (κ2) is 1.74. The zero-order valence-electron chi connectivity index (χ0n) is 6.45. The average Bonchev–Trinajstić information content (AvgIpc) is 2.49. The number of ketones is 1. The fraction of sp³-hybridized carbons (Fsp3) is 0.571. The third-order valence-electron chi connectivity index (χ3n) is 2.64. The zero-order valence-corrected chi connectivity index (χ0v) is 6.45. The van der Waals surface area contributed by atoms with E-state index in [2.05, 4.69) is 15.4 Å². The molecule has 0 atom stereocenters. The summed E-state index contributed by atoms with van der Waals surface area (Å²) in [5, 5.41) is 7.22. The van der Waals surface area contributed by atoms with E-state index in [1.54, 1.807) is 4.68 Å². The number of carbonyl (C=O) groups excluding carboxylic acids is 1. The SMILES string of the molecule is O=C1CC2(CNC2)n2ncnc21. The second-order valence-electron chi connectivity index (χ2n) is 3.42. The van der Waals surface area contributed by atoms with Gasteiger partial charge in [0.25, 0.3) is 0 Å². The topological polar surface area (TPSA) is 59.8 Å². The summed E-state index contributed by atoms with van der Waals surface area (Å²) in [5.41, 5.74) is -0.0666. The van der Waals surface area contributed by atoms with E-state index in [0.29, 0.717) is 12.2 Å². The molecule has 5 heteroatoms. The summed E-state index contributed by atoms with van der Waals surface area (Å²) in [5.74, 6) is 0.644. The van der Waals surface area contributed by atoms with Crippen LogP contribution in [-0.4, -0.2) is 33.6 Å². The second-order valence-corrected chi connectivity index (χ2v) is 3.42. The lowest BCUT2D eigenvalue weighted by Crippen LogP contribution is -2.59. The number of fused-ring (bicyclic) bond motifs is 2. The minimum absolute atomic E-state index is 0.0666. The van der Waals surface area contributed by atoms with E-state index in [1.165, 1.54) is 6.33 Å². The third-order valence-corrected chi connectivity index (χ3v) is 2.64. The molecule has 1 aromatic rings.